The quantitative estimate of drug-likeness (QED) is 0.0320. The number of hydrogen-bond acceptors (Lipinski definition) is 5. The highest BCUT2D eigenvalue weighted by Crippen LogP contribution is 2.19. The molecule has 0 saturated carbocycles. The second kappa shape index (κ2) is 77.3. The molecule has 0 aromatic rings. The standard InChI is InChI=1S/C82H155NO5/c1-3-5-7-9-11-13-15-17-19-21-22-23-34-37-40-43-46-50-54-58-62-66-70-74-80(85)79(78-84)83-81(86)75-71-67-63-59-55-51-47-44-41-38-35-32-30-28-26-24-25-27-29-31-33-36-39-42-45-49-53-57-61-65-69-73-77-88-82(87)76-72-68-64-60-56-52-48-20-18-16-14-12-10-8-6-4-2/h14,16,20,27,29,48,70,74,79-80,84-85H,3-13,15,17-19,21-26,28,30-47,49-69,71-73,75-78H2,1-2H3,(H,83,86)/b16-14-,29-27-,48-20-,74-70+. The number of amides is 1. The molecule has 0 saturated heterocycles. The lowest BCUT2D eigenvalue weighted by Gasteiger charge is -2.20. The minimum atomic E-state index is -0.845. The Morgan fingerprint density at radius 2 is 0.568 bits per heavy atom. The minimum absolute atomic E-state index is 0.00492. The third-order valence-electron chi connectivity index (χ3n) is 18.6. The van der Waals surface area contributed by atoms with Gasteiger partial charge in [-0.15, -0.1) is 0 Å². The van der Waals surface area contributed by atoms with Gasteiger partial charge >= 0.3 is 5.97 Å². The van der Waals surface area contributed by atoms with E-state index in [0.29, 0.717) is 19.4 Å². The molecule has 88 heavy (non-hydrogen) atoms. The monoisotopic (exact) mass is 1230 g/mol. The maximum Gasteiger partial charge on any atom is 0.305 e. The van der Waals surface area contributed by atoms with Crippen LogP contribution >= 0.6 is 0 Å². The van der Waals surface area contributed by atoms with Gasteiger partial charge in [0.2, 0.25) is 5.91 Å². The van der Waals surface area contributed by atoms with Gasteiger partial charge in [-0.3, -0.25) is 9.59 Å². The summed E-state index contributed by atoms with van der Waals surface area (Å²) in [6.07, 6.45) is 102. The zero-order chi connectivity index (χ0) is 63.5. The largest absolute Gasteiger partial charge is 0.466 e. The Kier molecular flexibility index (Phi) is 75.4. The van der Waals surface area contributed by atoms with Gasteiger partial charge in [0.25, 0.3) is 0 Å². The van der Waals surface area contributed by atoms with Gasteiger partial charge in [0.05, 0.1) is 25.4 Å². The molecule has 0 heterocycles. The average Bonchev–Trinajstić information content (AvgIpc) is 3.58. The van der Waals surface area contributed by atoms with Gasteiger partial charge < -0.3 is 20.3 Å². The van der Waals surface area contributed by atoms with Gasteiger partial charge in [-0.1, -0.05) is 383 Å². The molecular formula is C82H155NO5. The maximum absolute atomic E-state index is 12.6. The fraction of sp³-hybridized carbons (Fsp3) is 0.878. The Labute approximate surface area is 550 Å². The van der Waals surface area contributed by atoms with Crippen molar-refractivity contribution in [3.8, 4) is 0 Å². The number of allylic oxidation sites excluding steroid dienone is 7. The summed E-state index contributed by atoms with van der Waals surface area (Å²) in [5.74, 6) is -0.0560. The highest BCUT2D eigenvalue weighted by molar-refractivity contribution is 5.76. The third-order valence-corrected chi connectivity index (χ3v) is 18.6. The van der Waals surface area contributed by atoms with E-state index in [9.17, 15) is 19.8 Å². The number of hydrogen-bond donors (Lipinski definition) is 3. The molecule has 2 unspecified atom stereocenters. The fourth-order valence-corrected chi connectivity index (χ4v) is 12.5. The van der Waals surface area contributed by atoms with Crippen LogP contribution in [-0.4, -0.2) is 47.4 Å². The Bertz CT molecular complexity index is 1470. The van der Waals surface area contributed by atoms with Crippen molar-refractivity contribution < 1.29 is 24.5 Å². The van der Waals surface area contributed by atoms with Gasteiger partial charge in [0.1, 0.15) is 0 Å². The molecule has 0 radical (unpaired) electrons. The number of aliphatic hydroxyl groups is 2. The minimum Gasteiger partial charge on any atom is -0.466 e. The van der Waals surface area contributed by atoms with E-state index >= 15 is 0 Å². The van der Waals surface area contributed by atoms with Crippen LogP contribution < -0.4 is 5.32 Å². The number of nitrogens with one attached hydrogen (secondary N) is 1. The smallest absolute Gasteiger partial charge is 0.305 e. The van der Waals surface area contributed by atoms with Crippen LogP contribution in [0, 0.1) is 0 Å². The van der Waals surface area contributed by atoms with Gasteiger partial charge in [-0.05, 0) is 89.9 Å². The maximum atomic E-state index is 12.6. The summed E-state index contributed by atoms with van der Waals surface area (Å²) in [6.45, 7) is 4.92. The number of carbonyl (C=O) groups excluding carboxylic acids is 2. The van der Waals surface area contributed by atoms with E-state index in [-0.39, 0.29) is 18.5 Å². The summed E-state index contributed by atoms with van der Waals surface area (Å²) in [4.78, 5) is 24.6. The zero-order valence-electron chi connectivity index (χ0n) is 59.5. The predicted octanol–water partition coefficient (Wildman–Crippen LogP) is 26.4. The summed E-state index contributed by atoms with van der Waals surface area (Å²) in [7, 11) is 0. The van der Waals surface area contributed by atoms with Gasteiger partial charge in [-0.2, -0.15) is 0 Å². The zero-order valence-corrected chi connectivity index (χ0v) is 59.5. The summed E-state index contributed by atoms with van der Waals surface area (Å²) >= 11 is 0. The number of esters is 1. The van der Waals surface area contributed by atoms with E-state index in [1.54, 1.807) is 6.08 Å². The molecule has 0 aromatic carbocycles. The predicted molar refractivity (Wildman–Crippen MR) is 389 cm³/mol. The summed E-state index contributed by atoms with van der Waals surface area (Å²) < 4.78 is 5.50. The molecule has 0 aromatic heterocycles. The molecule has 0 fully saturated rings. The van der Waals surface area contributed by atoms with E-state index < -0.39 is 12.1 Å². The molecule has 0 rings (SSSR count). The lowest BCUT2D eigenvalue weighted by molar-refractivity contribution is -0.143. The first-order valence-electron chi connectivity index (χ1n) is 39.9. The number of ether oxygens (including phenoxy) is 1. The molecule has 6 heteroatoms. The molecule has 0 aliphatic carbocycles. The SMILES string of the molecule is CCCCCC/C=C\C/C=C\CCCCCCCC(=O)OCCCCCCCCCCCCCC/C=C\CCCCCCCCCCCCCCCCCCC(=O)NC(CO)C(O)/C=C/CCCCCCCCCCCCCCCCCCCCCCC. The second-order valence-electron chi connectivity index (χ2n) is 27.4. The Hall–Kier alpha value is -2.18. The third kappa shape index (κ3) is 72.9. The van der Waals surface area contributed by atoms with Crippen molar-refractivity contribution in [1.82, 2.24) is 5.32 Å². The van der Waals surface area contributed by atoms with Crippen LogP contribution in [0.5, 0.6) is 0 Å². The van der Waals surface area contributed by atoms with Crippen LogP contribution in [0.3, 0.4) is 0 Å². The van der Waals surface area contributed by atoms with Crippen LogP contribution in [-0.2, 0) is 14.3 Å². The Balaban J connectivity index is 3.39. The van der Waals surface area contributed by atoms with E-state index in [2.05, 4.69) is 55.6 Å². The molecule has 2 atom stereocenters. The molecule has 0 aliphatic rings. The van der Waals surface area contributed by atoms with E-state index in [0.717, 1.165) is 51.4 Å². The van der Waals surface area contributed by atoms with Crippen molar-refractivity contribution in [3.63, 3.8) is 0 Å². The lowest BCUT2D eigenvalue weighted by atomic mass is 10.0. The first kappa shape index (κ1) is 85.8. The van der Waals surface area contributed by atoms with Crippen LogP contribution in [0.2, 0.25) is 0 Å². The number of carbonyl (C=O) groups is 2. The molecule has 1 amide bonds. The Morgan fingerprint density at radius 3 is 0.886 bits per heavy atom. The average molecular weight is 1240 g/mol. The molecule has 0 bridgehead atoms. The highest BCUT2D eigenvalue weighted by atomic mass is 16.5. The molecule has 0 aliphatic heterocycles. The number of rotatable bonds is 75. The van der Waals surface area contributed by atoms with Crippen molar-refractivity contribution in [3.05, 3.63) is 48.6 Å². The van der Waals surface area contributed by atoms with Crippen molar-refractivity contribution in [2.45, 2.75) is 450 Å². The first-order valence-corrected chi connectivity index (χ1v) is 39.9. The van der Waals surface area contributed by atoms with Crippen LogP contribution in [0.25, 0.3) is 0 Å². The molecule has 518 valence electrons. The van der Waals surface area contributed by atoms with Crippen LogP contribution in [0.4, 0.5) is 0 Å². The van der Waals surface area contributed by atoms with Crippen LogP contribution in [0.15, 0.2) is 48.6 Å². The van der Waals surface area contributed by atoms with Crippen LogP contribution in [0.1, 0.15) is 438 Å². The highest BCUT2D eigenvalue weighted by Gasteiger charge is 2.18. The molecule has 6 nitrogen and oxygen atoms in total. The van der Waals surface area contributed by atoms with E-state index in [1.807, 2.05) is 6.08 Å². The van der Waals surface area contributed by atoms with Gasteiger partial charge in [0, 0.05) is 12.8 Å². The Morgan fingerprint density at radius 1 is 0.318 bits per heavy atom. The molecule has 0 spiro atoms. The van der Waals surface area contributed by atoms with Crippen molar-refractivity contribution in [2.24, 2.45) is 0 Å². The van der Waals surface area contributed by atoms with E-state index in [4.69, 9.17) is 4.74 Å². The van der Waals surface area contributed by atoms with E-state index in [1.165, 1.54) is 360 Å². The summed E-state index contributed by atoms with van der Waals surface area (Å²) in [5, 5.41) is 23.3. The number of unbranched alkanes of at least 4 members (excludes halogenated alkanes) is 58. The normalized spacial score (nSPS) is 12.7. The van der Waals surface area contributed by atoms with Crippen molar-refractivity contribution in [2.75, 3.05) is 13.2 Å². The summed E-state index contributed by atoms with van der Waals surface area (Å²) in [5.41, 5.74) is 0. The van der Waals surface area contributed by atoms with Gasteiger partial charge in [0.15, 0.2) is 0 Å². The second-order valence-corrected chi connectivity index (χ2v) is 27.4. The fourth-order valence-electron chi connectivity index (χ4n) is 12.5. The molecular weight excluding hydrogens is 1080 g/mol. The van der Waals surface area contributed by atoms with Gasteiger partial charge in [-0.25, -0.2) is 0 Å². The summed E-state index contributed by atoms with van der Waals surface area (Å²) in [6, 6.07) is -0.628. The number of aliphatic hydroxyl groups excluding tert-OH is 2. The first-order chi connectivity index (χ1) is 43.5. The lowest BCUT2D eigenvalue weighted by Crippen LogP contribution is -2.45. The molecule has 3 N–H and O–H groups in total. The topological polar surface area (TPSA) is 95.9 Å². The van der Waals surface area contributed by atoms with Crippen molar-refractivity contribution >= 4 is 11.9 Å². The van der Waals surface area contributed by atoms with Crippen molar-refractivity contribution in [1.29, 1.82) is 0 Å².